The zero-order valence-corrected chi connectivity index (χ0v) is 35.2. The molecule has 0 aliphatic heterocycles. The third-order valence-corrected chi connectivity index (χ3v) is 10.7. The van der Waals surface area contributed by atoms with Gasteiger partial charge in [0.1, 0.15) is 6.42 Å². The van der Waals surface area contributed by atoms with Crippen molar-refractivity contribution in [1.29, 1.82) is 0 Å². The van der Waals surface area contributed by atoms with Gasteiger partial charge in [0, 0.05) is 12.8 Å². The van der Waals surface area contributed by atoms with Crippen LogP contribution < -0.4 is 0 Å². The quantitative estimate of drug-likeness (QED) is 0.0241. The maximum Gasteiger partial charge on any atom is 0.353 e. The lowest BCUT2D eigenvalue weighted by atomic mass is 9.76. The van der Waals surface area contributed by atoms with Crippen LogP contribution in [-0.4, -0.2) is 112 Å². The Kier molecular flexibility index (Phi) is 28.5. The Morgan fingerprint density at radius 2 is 0.783 bits per heavy atom. The van der Waals surface area contributed by atoms with Gasteiger partial charge in [0.15, 0.2) is 0 Å². The second-order valence-electron chi connectivity index (χ2n) is 15.7. The molecule has 0 bridgehead atoms. The van der Waals surface area contributed by atoms with E-state index in [2.05, 4.69) is 6.92 Å². The molecule has 18 heteroatoms. The number of hydrogen-bond donors (Lipinski definition) is 8. The van der Waals surface area contributed by atoms with Gasteiger partial charge in [0.2, 0.25) is 17.3 Å². The number of aliphatic hydroxyl groups is 2. The van der Waals surface area contributed by atoms with Crippen molar-refractivity contribution in [2.24, 2.45) is 0 Å². The van der Waals surface area contributed by atoms with Gasteiger partial charge >= 0.3 is 47.8 Å². The number of carboxylic acid groups (broad SMARTS) is 6. The second-order valence-corrected chi connectivity index (χ2v) is 15.7. The Morgan fingerprint density at radius 1 is 0.433 bits per heavy atom. The van der Waals surface area contributed by atoms with Gasteiger partial charge in [-0.3, -0.25) is 19.2 Å². The van der Waals surface area contributed by atoms with E-state index in [-0.39, 0.29) is 25.7 Å². The standard InChI is InChI=1S/C42H70O18/c1-2-3-4-5-6-7-11-14-17-20-23-26-33(47)59-35(36(49)50)40(37(51)52,29-31(43)44)60-34(48)27-24-21-18-15-12-9-8-10-13-16-19-22-25-28-41(57,38(53)54)42(58,39(55)56)30-32(45)46/h35,57-58H,2-30H2,1H3,(H,43,44)(H,45,46)(H,49,50)(H,51,52)(H,53,54)(H,55,56). The SMILES string of the molecule is CCCCCCCCCCCCCC(=O)OC(C(=O)O)C(CC(=O)O)(OC(=O)CCCCCCCCCCCCCCCC(O)(C(=O)O)C(O)(CC(=O)O)C(=O)O)C(=O)O. The van der Waals surface area contributed by atoms with E-state index in [1.54, 1.807) is 0 Å². The van der Waals surface area contributed by atoms with E-state index in [0.717, 1.165) is 77.0 Å². The van der Waals surface area contributed by atoms with E-state index < -0.39 is 89.9 Å². The van der Waals surface area contributed by atoms with Crippen LogP contribution in [0.1, 0.15) is 193 Å². The van der Waals surface area contributed by atoms with Crippen molar-refractivity contribution in [2.45, 2.75) is 216 Å². The molecule has 4 unspecified atom stereocenters. The summed E-state index contributed by atoms with van der Waals surface area (Å²) in [5, 5.41) is 77.5. The first kappa shape index (κ1) is 55.7. The van der Waals surface area contributed by atoms with Gasteiger partial charge in [0.25, 0.3) is 5.60 Å². The highest BCUT2D eigenvalue weighted by Gasteiger charge is 2.61. The van der Waals surface area contributed by atoms with Gasteiger partial charge in [-0.15, -0.1) is 0 Å². The topological polar surface area (TPSA) is 317 Å². The summed E-state index contributed by atoms with van der Waals surface area (Å²) in [4.78, 5) is 95.6. The molecule has 18 nitrogen and oxygen atoms in total. The predicted molar refractivity (Wildman–Crippen MR) is 214 cm³/mol. The van der Waals surface area contributed by atoms with E-state index in [1.165, 1.54) is 32.1 Å². The van der Waals surface area contributed by atoms with Gasteiger partial charge < -0.3 is 50.3 Å². The predicted octanol–water partition coefficient (Wildman–Crippen LogP) is 6.48. The number of rotatable bonds is 40. The highest BCUT2D eigenvalue weighted by atomic mass is 16.6. The minimum absolute atomic E-state index is 0.0519. The molecule has 0 heterocycles. The lowest BCUT2D eigenvalue weighted by Crippen LogP contribution is -2.64. The van der Waals surface area contributed by atoms with Crippen LogP contribution in [0, 0.1) is 0 Å². The molecule has 0 rings (SSSR count). The molecule has 0 aliphatic carbocycles. The average Bonchev–Trinajstić information content (AvgIpc) is 3.16. The number of unbranched alkanes of at least 4 members (excludes halogenated alkanes) is 22. The van der Waals surface area contributed by atoms with Crippen LogP contribution in [0.25, 0.3) is 0 Å². The minimum atomic E-state index is -3.40. The zero-order chi connectivity index (χ0) is 45.6. The molecule has 0 radical (unpaired) electrons. The number of aliphatic carboxylic acids is 6. The van der Waals surface area contributed by atoms with Crippen LogP contribution in [0.4, 0.5) is 0 Å². The Balaban J connectivity index is 4.59. The number of hydrogen-bond acceptors (Lipinski definition) is 12. The molecule has 0 amide bonds. The van der Waals surface area contributed by atoms with Crippen LogP contribution in [0.5, 0.6) is 0 Å². The monoisotopic (exact) mass is 862 g/mol. The normalized spacial score (nSPS) is 14.8. The van der Waals surface area contributed by atoms with Crippen molar-refractivity contribution >= 4 is 47.8 Å². The van der Waals surface area contributed by atoms with Crippen LogP contribution in [0.15, 0.2) is 0 Å². The highest BCUT2D eigenvalue weighted by molar-refractivity contribution is 5.95. The second kappa shape index (κ2) is 30.7. The molecule has 0 saturated heterocycles. The fraction of sp³-hybridized carbons (Fsp3) is 0.810. The molecule has 0 saturated carbocycles. The Hall–Kier alpha value is -4.32. The fourth-order valence-corrected chi connectivity index (χ4v) is 7.06. The van der Waals surface area contributed by atoms with Crippen LogP contribution in [0.3, 0.4) is 0 Å². The van der Waals surface area contributed by atoms with E-state index in [9.17, 15) is 74.1 Å². The summed E-state index contributed by atoms with van der Waals surface area (Å²) >= 11 is 0. The van der Waals surface area contributed by atoms with Crippen LogP contribution >= 0.6 is 0 Å². The molecule has 8 N–H and O–H groups in total. The maximum atomic E-state index is 12.7. The lowest BCUT2D eigenvalue weighted by molar-refractivity contribution is -0.211. The average molecular weight is 863 g/mol. The lowest BCUT2D eigenvalue weighted by Gasteiger charge is -2.36. The number of carbonyl (C=O) groups excluding carboxylic acids is 2. The summed E-state index contributed by atoms with van der Waals surface area (Å²) in [7, 11) is 0. The molecule has 0 fully saturated rings. The van der Waals surface area contributed by atoms with Gasteiger partial charge in [-0.05, 0) is 25.7 Å². The molecule has 60 heavy (non-hydrogen) atoms. The van der Waals surface area contributed by atoms with E-state index >= 15 is 0 Å². The molecule has 0 spiro atoms. The summed E-state index contributed by atoms with van der Waals surface area (Å²) in [5.41, 5.74) is -9.75. The van der Waals surface area contributed by atoms with E-state index in [4.69, 9.17) is 14.6 Å². The molecule has 4 atom stereocenters. The third-order valence-electron chi connectivity index (χ3n) is 10.7. The molecule has 346 valence electrons. The first-order chi connectivity index (χ1) is 28.3. The van der Waals surface area contributed by atoms with E-state index in [1.807, 2.05) is 0 Å². The third kappa shape index (κ3) is 21.3. The van der Waals surface area contributed by atoms with Crippen molar-refractivity contribution in [3.63, 3.8) is 0 Å². The summed E-state index contributed by atoms with van der Waals surface area (Å²) in [5.74, 6) is -13.9. The largest absolute Gasteiger partial charge is 0.481 e. The van der Waals surface area contributed by atoms with Crippen LogP contribution in [0.2, 0.25) is 0 Å². The molecule has 0 aliphatic rings. The van der Waals surface area contributed by atoms with Crippen LogP contribution in [-0.2, 0) is 47.8 Å². The van der Waals surface area contributed by atoms with Crippen molar-refractivity contribution in [3.8, 4) is 0 Å². The fourth-order valence-electron chi connectivity index (χ4n) is 7.06. The van der Waals surface area contributed by atoms with Gasteiger partial charge in [-0.2, -0.15) is 0 Å². The summed E-state index contributed by atoms with van der Waals surface area (Å²) in [6, 6.07) is 0. The maximum absolute atomic E-state index is 12.7. The minimum Gasteiger partial charge on any atom is -0.481 e. The van der Waals surface area contributed by atoms with Gasteiger partial charge in [0.05, 0.1) is 6.42 Å². The molecule has 0 aromatic rings. The molecular formula is C42H70O18. The van der Waals surface area contributed by atoms with E-state index in [0.29, 0.717) is 32.1 Å². The summed E-state index contributed by atoms with van der Waals surface area (Å²) in [6.07, 6.45) is 13.3. The molecule has 0 aromatic heterocycles. The number of ether oxygens (including phenoxy) is 2. The van der Waals surface area contributed by atoms with Gasteiger partial charge in [-0.1, -0.05) is 142 Å². The molecular weight excluding hydrogens is 792 g/mol. The highest BCUT2D eigenvalue weighted by Crippen LogP contribution is 2.33. The Bertz CT molecular complexity index is 1350. The Labute approximate surface area is 352 Å². The van der Waals surface area contributed by atoms with Crippen molar-refractivity contribution in [1.82, 2.24) is 0 Å². The van der Waals surface area contributed by atoms with Crippen molar-refractivity contribution in [3.05, 3.63) is 0 Å². The number of carboxylic acids is 6. The zero-order valence-electron chi connectivity index (χ0n) is 35.2. The summed E-state index contributed by atoms with van der Waals surface area (Å²) in [6.45, 7) is 2.17. The van der Waals surface area contributed by atoms with Crippen molar-refractivity contribution < 1.29 is 88.7 Å². The van der Waals surface area contributed by atoms with Crippen molar-refractivity contribution in [2.75, 3.05) is 0 Å². The number of carbonyl (C=O) groups is 8. The first-order valence-corrected chi connectivity index (χ1v) is 21.5. The van der Waals surface area contributed by atoms with Gasteiger partial charge in [-0.25, -0.2) is 19.2 Å². The Morgan fingerprint density at radius 3 is 1.12 bits per heavy atom. The number of esters is 2. The molecule has 0 aromatic carbocycles. The smallest absolute Gasteiger partial charge is 0.353 e. The first-order valence-electron chi connectivity index (χ1n) is 21.5. The summed E-state index contributed by atoms with van der Waals surface area (Å²) < 4.78 is 10.0.